The van der Waals surface area contributed by atoms with Crippen LogP contribution in [0.25, 0.3) is 0 Å². The van der Waals surface area contributed by atoms with Crippen molar-refractivity contribution in [2.45, 2.75) is 0 Å². The molecule has 0 bridgehead atoms. The monoisotopic (exact) mass is 268 g/mol. The molecule has 2 aromatic rings. The van der Waals surface area contributed by atoms with Crippen molar-refractivity contribution in [2.24, 2.45) is 4.99 Å². The van der Waals surface area contributed by atoms with Crippen molar-refractivity contribution < 1.29 is 9.47 Å². The number of rotatable bonds is 3. The molecule has 1 aliphatic rings. The summed E-state index contributed by atoms with van der Waals surface area (Å²) in [6, 6.07) is 13.9. The first-order chi connectivity index (χ1) is 9.72. The lowest BCUT2D eigenvalue weighted by Crippen LogP contribution is -2.07. The average molecular weight is 268 g/mol. The highest BCUT2D eigenvalue weighted by atomic mass is 16.7. The second-order valence-electron chi connectivity index (χ2n) is 4.78. The minimum absolute atomic E-state index is 0.294. The summed E-state index contributed by atoms with van der Waals surface area (Å²) in [5.41, 5.74) is 3.08. The van der Waals surface area contributed by atoms with Crippen LogP contribution in [0.2, 0.25) is 0 Å². The molecule has 1 aliphatic heterocycles. The number of ether oxygens (including phenoxy) is 2. The largest absolute Gasteiger partial charge is 0.454 e. The SMILES string of the molecule is CN(C)c1ccc(N=Cc2ccc3c(c2)OCO3)cc1. The molecule has 0 radical (unpaired) electrons. The Hall–Kier alpha value is -2.49. The smallest absolute Gasteiger partial charge is 0.231 e. The van der Waals surface area contributed by atoms with Gasteiger partial charge < -0.3 is 14.4 Å². The second kappa shape index (κ2) is 5.25. The van der Waals surface area contributed by atoms with Gasteiger partial charge in [-0.15, -0.1) is 0 Å². The number of hydrogen-bond acceptors (Lipinski definition) is 4. The zero-order valence-corrected chi connectivity index (χ0v) is 11.5. The fraction of sp³-hybridized carbons (Fsp3) is 0.188. The van der Waals surface area contributed by atoms with E-state index >= 15 is 0 Å². The molecule has 0 fully saturated rings. The maximum Gasteiger partial charge on any atom is 0.231 e. The first-order valence-corrected chi connectivity index (χ1v) is 6.43. The van der Waals surface area contributed by atoms with E-state index in [0.29, 0.717) is 6.79 Å². The van der Waals surface area contributed by atoms with Crippen LogP contribution >= 0.6 is 0 Å². The Balaban J connectivity index is 1.76. The molecule has 20 heavy (non-hydrogen) atoms. The van der Waals surface area contributed by atoms with Crippen LogP contribution in [-0.4, -0.2) is 27.1 Å². The molecule has 3 rings (SSSR count). The summed E-state index contributed by atoms with van der Waals surface area (Å²) >= 11 is 0. The normalized spacial score (nSPS) is 12.9. The van der Waals surface area contributed by atoms with Crippen LogP contribution in [0.4, 0.5) is 11.4 Å². The molecule has 0 spiro atoms. The lowest BCUT2D eigenvalue weighted by Gasteiger charge is -2.11. The van der Waals surface area contributed by atoms with Crippen molar-refractivity contribution in [1.29, 1.82) is 0 Å². The highest BCUT2D eigenvalue weighted by Gasteiger charge is 2.12. The molecule has 0 saturated heterocycles. The number of benzene rings is 2. The highest BCUT2D eigenvalue weighted by Crippen LogP contribution is 2.32. The topological polar surface area (TPSA) is 34.1 Å². The molecule has 0 aromatic heterocycles. The molecule has 0 unspecified atom stereocenters. The van der Waals surface area contributed by atoms with Crippen LogP contribution in [0.1, 0.15) is 5.56 Å². The van der Waals surface area contributed by atoms with Crippen LogP contribution in [0.5, 0.6) is 11.5 Å². The summed E-state index contributed by atoms with van der Waals surface area (Å²) in [5.74, 6) is 1.56. The van der Waals surface area contributed by atoms with Crippen molar-refractivity contribution >= 4 is 17.6 Å². The van der Waals surface area contributed by atoms with Gasteiger partial charge in [0, 0.05) is 26.0 Å². The van der Waals surface area contributed by atoms with E-state index in [2.05, 4.69) is 9.89 Å². The molecule has 4 heteroatoms. The summed E-state index contributed by atoms with van der Waals surface area (Å²) in [4.78, 5) is 6.52. The lowest BCUT2D eigenvalue weighted by molar-refractivity contribution is 0.174. The van der Waals surface area contributed by atoms with Gasteiger partial charge >= 0.3 is 0 Å². The third-order valence-electron chi connectivity index (χ3n) is 3.13. The van der Waals surface area contributed by atoms with Gasteiger partial charge in [-0.05, 0) is 48.0 Å². The van der Waals surface area contributed by atoms with Crippen LogP contribution in [-0.2, 0) is 0 Å². The fourth-order valence-corrected chi connectivity index (χ4v) is 1.98. The van der Waals surface area contributed by atoms with Crippen molar-refractivity contribution in [3.05, 3.63) is 48.0 Å². The Morgan fingerprint density at radius 1 is 1.00 bits per heavy atom. The van der Waals surface area contributed by atoms with E-state index in [0.717, 1.165) is 28.4 Å². The maximum absolute atomic E-state index is 5.34. The molecular weight excluding hydrogens is 252 g/mol. The lowest BCUT2D eigenvalue weighted by atomic mass is 10.2. The summed E-state index contributed by atoms with van der Waals surface area (Å²) < 4.78 is 10.6. The van der Waals surface area contributed by atoms with Crippen molar-refractivity contribution in [3.8, 4) is 11.5 Å². The van der Waals surface area contributed by atoms with E-state index < -0.39 is 0 Å². The summed E-state index contributed by atoms with van der Waals surface area (Å²) in [6.45, 7) is 0.294. The van der Waals surface area contributed by atoms with Crippen molar-refractivity contribution in [2.75, 3.05) is 25.8 Å². The summed E-state index contributed by atoms with van der Waals surface area (Å²) in [6.07, 6.45) is 1.83. The van der Waals surface area contributed by atoms with E-state index in [4.69, 9.17) is 9.47 Å². The van der Waals surface area contributed by atoms with Gasteiger partial charge in [0.2, 0.25) is 6.79 Å². The van der Waals surface area contributed by atoms with Crippen LogP contribution < -0.4 is 14.4 Å². The van der Waals surface area contributed by atoms with Gasteiger partial charge in [-0.2, -0.15) is 0 Å². The third-order valence-corrected chi connectivity index (χ3v) is 3.13. The average Bonchev–Trinajstić information content (AvgIpc) is 2.93. The maximum atomic E-state index is 5.34. The van der Waals surface area contributed by atoms with Crippen molar-refractivity contribution in [3.63, 3.8) is 0 Å². The van der Waals surface area contributed by atoms with E-state index in [1.54, 1.807) is 0 Å². The zero-order valence-electron chi connectivity index (χ0n) is 11.5. The standard InChI is InChI=1S/C16H16N2O2/c1-18(2)14-6-4-13(5-7-14)17-10-12-3-8-15-16(9-12)20-11-19-15/h3-10H,11H2,1-2H3. The molecule has 0 N–H and O–H groups in total. The molecule has 0 amide bonds. The van der Waals surface area contributed by atoms with E-state index in [9.17, 15) is 0 Å². The molecule has 0 aliphatic carbocycles. The fourth-order valence-electron chi connectivity index (χ4n) is 1.98. The second-order valence-corrected chi connectivity index (χ2v) is 4.78. The highest BCUT2D eigenvalue weighted by molar-refractivity contribution is 5.83. The molecule has 4 nitrogen and oxygen atoms in total. The van der Waals surface area contributed by atoms with Crippen LogP contribution in [0.3, 0.4) is 0 Å². The summed E-state index contributed by atoms with van der Waals surface area (Å²) in [7, 11) is 4.04. The Morgan fingerprint density at radius 3 is 2.50 bits per heavy atom. The molecule has 0 saturated carbocycles. The van der Waals surface area contributed by atoms with Gasteiger partial charge in [-0.1, -0.05) is 0 Å². The predicted molar refractivity (Wildman–Crippen MR) is 80.6 cm³/mol. The Morgan fingerprint density at radius 2 is 1.75 bits per heavy atom. The molecule has 102 valence electrons. The zero-order chi connectivity index (χ0) is 13.9. The van der Waals surface area contributed by atoms with Crippen LogP contribution in [0.15, 0.2) is 47.5 Å². The van der Waals surface area contributed by atoms with E-state index in [1.165, 1.54) is 0 Å². The Kier molecular flexibility index (Phi) is 3.29. The number of nitrogens with zero attached hydrogens (tertiary/aromatic N) is 2. The molecule has 2 aromatic carbocycles. The van der Waals surface area contributed by atoms with E-state index in [1.807, 2.05) is 62.8 Å². The van der Waals surface area contributed by atoms with Gasteiger partial charge in [0.15, 0.2) is 11.5 Å². The number of hydrogen-bond donors (Lipinski definition) is 0. The van der Waals surface area contributed by atoms with Gasteiger partial charge in [-0.25, -0.2) is 0 Å². The van der Waals surface area contributed by atoms with Gasteiger partial charge in [0.05, 0.1) is 5.69 Å². The minimum Gasteiger partial charge on any atom is -0.454 e. The van der Waals surface area contributed by atoms with Crippen molar-refractivity contribution in [1.82, 2.24) is 0 Å². The number of anilines is 1. The minimum atomic E-state index is 0.294. The molecule has 0 atom stereocenters. The van der Waals surface area contributed by atoms with Gasteiger partial charge in [-0.3, -0.25) is 4.99 Å². The first kappa shape index (κ1) is 12.5. The predicted octanol–water partition coefficient (Wildman–Crippen LogP) is 3.23. The number of fused-ring (bicyclic) bond motifs is 1. The summed E-state index contributed by atoms with van der Waals surface area (Å²) in [5, 5.41) is 0. The quantitative estimate of drug-likeness (QED) is 0.801. The van der Waals surface area contributed by atoms with E-state index in [-0.39, 0.29) is 0 Å². The first-order valence-electron chi connectivity index (χ1n) is 6.43. The van der Waals surface area contributed by atoms with Gasteiger partial charge in [0.25, 0.3) is 0 Å². The molecular formula is C16H16N2O2. The molecule has 1 heterocycles. The Bertz CT molecular complexity index is 633. The Labute approximate surface area is 118 Å². The van der Waals surface area contributed by atoms with Crippen LogP contribution in [0, 0.1) is 0 Å². The van der Waals surface area contributed by atoms with Gasteiger partial charge in [0.1, 0.15) is 0 Å². The third kappa shape index (κ3) is 2.59. The number of aliphatic imine (C=N–C) groups is 1.